The molecule has 9 heteroatoms. The second-order valence-electron chi connectivity index (χ2n) is 6.41. The zero-order valence-electron chi connectivity index (χ0n) is 13.0. The maximum absolute atomic E-state index is 12.5. The van der Waals surface area contributed by atoms with Crippen molar-refractivity contribution in [3.05, 3.63) is 40.6 Å². The third kappa shape index (κ3) is 2.41. The van der Waals surface area contributed by atoms with Gasteiger partial charge in [0.15, 0.2) is 0 Å². The summed E-state index contributed by atoms with van der Waals surface area (Å²) in [5, 5.41) is 20.6. The van der Waals surface area contributed by atoms with Gasteiger partial charge in [0.25, 0.3) is 5.56 Å². The first kappa shape index (κ1) is 15.0. The Morgan fingerprint density at radius 1 is 1.33 bits per heavy atom. The molecule has 4 heterocycles. The molecule has 126 valence electrons. The van der Waals surface area contributed by atoms with Crippen LogP contribution in [0.4, 0.5) is 0 Å². The number of aromatic nitrogens is 5. The van der Waals surface area contributed by atoms with Crippen molar-refractivity contribution in [2.24, 2.45) is 5.92 Å². The van der Waals surface area contributed by atoms with Crippen LogP contribution in [0, 0.1) is 5.92 Å². The minimum absolute atomic E-state index is 0.0552. The van der Waals surface area contributed by atoms with Gasteiger partial charge in [0.2, 0.25) is 5.91 Å². The van der Waals surface area contributed by atoms with E-state index in [9.17, 15) is 14.7 Å². The van der Waals surface area contributed by atoms with Crippen LogP contribution in [0.2, 0.25) is 0 Å². The van der Waals surface area contributed by atoms with Crippen molar-refractivity contribution in [2.75, 3.05) is 19.7 Å². The lowest BCUT2D eigenvalue weighted by Gasteiger charge is -2.46. The summed E-state index contributed by atoms with van der Waals surface area (Å²) >= 11 is 0. The molecule has 1 N–H and O–H groups in total. The molecule has 3 atom stereocenters. The van der Waals surface area contributed by atoms with Crippen molar-refractivity contribution in [1.29, 1.82) is 0 Å². The predicted octanol–water partition coefficient (Wildman–Crippen LogP) is -0.986. The molecule has 0 saturated carbocycles. The van der Waals surface area contributed by atoms with Crippen molar-refractivity contribution in [3.63, 3.8) is 0 Å². The Morgan fingerprint density at radius 2 is 2.21 bits per heavy atom. The average Bonchev–Trinajstić information content (AvgIpc) is 3.09. The van der Waals surface area contributed by atoms with Crippen molar-refractivity contribution >= 4 is 5.91 Å². The lowest BCUT2D eigenvalue weighted by molar-refractivity contribution is -0.135. The quantitative estimate of drug-likeness (QED) is 0.775. The van der Waals surface area contributed by atoms with E-state index in [0.717, 1.165) is 12.1 Å². The molecule has 1 fully saturated rings. The third-order valence-corrected chi connectivity index (χ3v) is 5.03. The van der Waals surface area contributed by atoms with Crippen LogP contribution in [0.5, 0.6) is 0 Å². The molecule has 2 aliphatic heterocycles. The predicted molar refractivity (Wildman–Crippen MR) is 82.1 cm³/mol. The topological polar surface area (TPSA) is 106 Å². The summed E-state index contributed by atoms with van der Waals surface area (Å²) in [4.78, 5) is 26.6. The fraction of sp³-hybridized carbons (Fsp3) is 0.533. The van der Waals surface area contributed by atoms with Crippen LogP contribution in [0.15, 0.2) is 29.3 Å². The molecule has 0 unspecified atom stereocenters. The van der Waals surface area contributed by atoms with E-state index in [2.05, 4.69) is 15.5 Å². The van der Waals surface area contributed by atoms with E-state index in [1.54, 1.807) is 15.5 Å². The third-order valence-electron chi connectivity index (χ3n) is 5.03. The van der Waals surface area contributed by atoms with Crippen LogP contribution in [-0.2, 0) is 11.3 Å². The van der Waals surface area contributed by atoms with Gasteiger partial charge in [0.1, 0.15) is 12.9 Å². The highest BCUT2D eigenvalue weighted by Crippen LogP contribution is 2.40. The van der Waals surface area contributed by atoms with E-state index in [1.165, 1.54) is 17.1 Å². The molecule has 2 aromatic heterocycles. The molecule has 1 amide bonds. The van der Waals surface area contributed by atoms with Gasteiger partial charge in [0, 0.05) is 36.7 Å². The molecule has 2 aliphatic rings. The van der Waals surface area contributed by atoms with Crippen LogP contribution >= 0.6 is 0 Å². The van der Waals surface area contributed by atoms with E-state index in [4.69, 9.17) is 0 Å². The minimum Gasteiger partial charge on any atom is -0.394 e. The normalized spacial score (nSPS) is 25.4. The first-order chi connectivity index (χ1) is 11.7. The van der Waals surface area contributed by atoms with E-state index >= 15 is 0 Å². The van der Waals surface area contributed by atoms with E-state index in [-0.39, 0.29) is 42.5 Å². The molecule has 4 rings (SSSR count). The molecular formula is C15H18N6O3. The van der Waals surface area contributed by atoms with Gasteiger partial charge in [-0.2, -0.15) is 0 Å². The van der Waals surface area contributed by atoms with Gasteiger partial charge >= 0.3 is 0 Å². The lowest BCUT2D eigenvalue weighted by Crippen LogP contribution is -2.52. The summed E-state index contributed by atoms with van der Waals surface area (Å²) in [6.45, 7) is 1.09. The molecule has 2 bridgehead atoms. The molecule has 0 spiro atoms. The second kappa shape index (κ2) is 5.82. The minimum atomic E-state index is -0.284. The average molecular weight is 330 g/mol. The summed E-state index contributed by atoms with van der Waals surface area (Å²) in [5.74, 6) is 0.123. The number of fused-ring (bicyclic) bond motifs is 4. The number of likely N-dealkylation sites (tertiary alicyclic amines) is 1. The number of carbonyl (C=O) groups is 1. The van der Waals surface area contributed by atoms with Gasteiger partial charge in [0.05, 0.1) is 12.6 Å². The zero-order valence-corrected chi connectivity index (χ0v) is 13.0. The number of rotatable bonds is 3. The van der Waals surface area contributed by atoms with Crippen molar-refractivity contribution in [2.45, 2.75) is 24.9 Å². The largest absolute Gasteiger partial charge is 0.394 e. The van der Waals surface area contributed by atoms with Crippen LogP contribution in [0.1, 0.15) is 24.1 Å². The Hall–Kier alpha value is -2.55. The van der Waals surface area contributed by atoms with Crippen LogP contribution in [-0.4, -0.2) is 60.4 Å². The summed E-state index contributed by atoms with van der Waals surface area (Å²) < 4.78 is 3.11. The number of aliphatic hydroxyl groups is 1. The van der Waals surface area contributed by atoms with Crippen LogP contribution < -0.4 is 5.56 Å². The van der Waals surface area contributed by atoms with Gasteiger partial charge in [-0.3, -0.25) is 9.59 Å². The number of hydrogen-bond donors (Lipinski definition) is 1. The van der Waals surface area contributed by atoms with Gasteiger partial charge in [-0.05, 0) is 22.9 Å². The standard InChI is InChI=1S/C15H18N6O3/c22-8-13-11-4-10(12-2-1-3-14(23)21(12)13)5-19(6-11)15(24)7-20-9-16-17-18-20/h1-3,9-11,13,22H,4-8H2/t10-,11+,13+/m1/s1. The number of tetrazole rings is 1. The Morgan fingerprint density at radius 3 is 2.96 bits per heavy atom. The van der Waals surface area contributed by atoms with Crippen LogP contribution in [0.3, 0.4) is 0 Å². The highest BCUT2D eigenvalue weighted by atomic mass is 16.3. The molecule has 0 aromatic carbocycles. The number of pyridine rings is 1. The van der Waals surface area contributed by atoms with Gasteiger partial charge in [-0.1, -0.05) is 6.07 Å². The van der Waals surface area contributed by atoms with Gasteiger partial charge in [-0.15, -0.1) is 5.10 Å². The van der Waals surface area contributed by atoms with Crippen molar-refractivity contribution < 1.29 is 9.90 Å². The van der Waals surface area contributed by atoms with E-state index < -0.39 is 0 Å². The molecular weight excluding hydrogens is 312 g/mol. The maximum Gasteiger partial charge on any atom is 0.251 e. The second-order valence-corrected chi connectivity index (χ2v) is 6.41. The highest BCUT2D eigenvalue weighted by Gasteiger charge is 2.41. The number of aliphatic hydroxyl groups excluding tert-OH is 1. The number of piperidine rings is 1. The smallest absolute Gasteiger partial charge is 0.251 e. The maximum atomic E-state index is 12.5. The van der Waals surface area contributed by atoms with E-state index in [1.807, 2.05) is 6.07 Å². The Labute approximate surface area is 137 Å². The summed E-state index contributed by atoms with van der Waals surface area (Å²) in [7, 11) is 0. The zero-order chi connectivity index (χ0) is 16.7. The molecule has 1 saturated heterocycles. The monoisotopic (exact) mass is 330 g/mol. The Bertz CT molecular complexity index is 802. The first-order valence-corrected chi connectivity index (χ1v) is 7.98. The number of hydrogen-bond acceptors (Lipinski definition) is 6. The number of nitrogens with zero attached hydrogens (tertiary/aromatic N) is 6. The fourth-order valence-corrected chi connectivity index (χ4v) is 3.97. The van der Waals surface area contributed by atoms with E-state index in [0.29, 0.717) is 13.1 Å². The fourth-order valence-electron chi connectivity index (χ4n) is 3.97. The molecule has 24 heavy (non-hydrogen) atoms. The first-order valence-electron chi connectivity index (χ1n) is 7.98. The van der Waals surface area contributed by atoms with Crippen molar-refractivity contribution in [3.8, 4) is 0 Å². The molecule has 9 nitrogen and oxygen atoms in total. The summed E-state index contributed by atoms with van der Waals surface area (Å²) in [6, 6.07) is 4.90. The highest BCUT2D eigenvalue weighted by molar-refractivity contribution is 5.76. The summed E-state index contributed by atoms with van der Waals surface area (Å²) in [6.07, 6.45) is 2.29. The SMILES string of the molecule is O=C(Cn1cnnn1)N1C[C@H]2C[C@@H](C1)[C@H](CO)n1c2cccc1=O. The Kier molecular flexibility index (Phi) is 3.64. The lowest BCUT2D eigenvalue weighted by atomic mass is 9.78. The molecule has 0 aliphatic carbocycles. The summed E-state index contributed by atoms with van der Waals surface area (Å²) in [5.41, 5.74) is 0.812. The molecule has 2 aromatic rings. The number of amides is 1. The molecule has 0 radical (unpaired) electrons. The van der Waals surface area contributed by atoms with Crippen molar-refractivity contribution in [1.82, 2.24) is 29.7 Å². The number of carbonyl (C=O) groups excluding carboxylic acids is 1. The van der Waals surface area contributed by atoms with Gasteiger partial charge < -0.3 is 14.6 Å². The van der Waals surface area contributed by atoms with Crippen LogP contribution in [0.25, 0.3) is 0 Å². The Balaban J connectivity index is 1.62. The van der Waals surface area contributed by atoms with Gasteiger partial charge in [-0.25, -0.2) is 4.68 Å².